The third-order valence-electron chi connectivity index (χ3n) is 2.74. The molecule has 20 heavy (non-hydrogen) atoms. The van der Waals surface area contributed by atoms with Gasteiger partial charge in [0.25, 0.3) is 0 Å². The number of nitrogens with zero attached hydrogens (tertiary/aromatic N) is 2. The van der Waals surface area contributed by atoms with Crippen LogP contribution in [0.2, 0.25) is 0 Å². The SMILES string of the molecule is COCCN(CCC(=O)OC)c1ccc(C(N)=S)cn1. The van der Waals surface area contributed by atoms with Gasteiger partial charge in [-0.25, -0.2) is 4.98 Å². The van der Waals surface area contributed by atoms with E-state index in [1.807, 2.05) is 17.0 Å². The molecular weight excluding hydrogens is 278 g/mol. The van der Waals surface area contributed by atoms with E-state index < -0.39 is 0 Å². The quantitative estimate of drug-likeness (QED) is 0.560. The minimum absolute atomic E-state index is 0.257. The zero-order valence-electron chi connectivity index (χ0n) is 11.7. The summed E-state index contributed by atoms with van der Waals surface area (Å²) in [5.74, 6) is 0.484. The first-order valence-corrected chi connectivity index (χ1v) is 6.56. The van der Waals surface area contributed by atoms with Crippen LogP contribution in [0.15, 0.2) is 18.3 Å². The second-order valence-electron chi connectivity index (χ2n) is 4.08. The Morgan fingerprint density at radius 1 is 1.40 bits per heavy atom. The second-order valence-corrected chi connectivity index (χ2v) is 4.52. The van der Waals surface area contributed by atoms with Crippen LogP contribution in [0.3, 0.4) is 0 Å². The number of anilines is 1. The Morgan fingerprint density at radius 2 is 2.15 bits per heavy atom. The van der Waals surface area contributed by atoms with Crippen LogP contribution < -0.4 is 10.6 Å². The normalized spacial score (nSPS) is 10.1. The first kappa shape index (κ1) is 16.3. The van der Waals surface area contributed by atoms with Crippen LogP contribution in [-0.4, -0.2) is 49.9 Å². The number of carbonyl (C=O) groups is 1. The highest BCUT2D eigenvalue weighted by Crippen LogP contribution is 2.12. The van der Waals surface area contributed by atoms with Crippen molar-refractivity contribution < 1.29 is 14.3 Å². The summed E-state index contributed by atoms with van der Waals surface area (Å²) in [4.78, 5) is 17.8. The highest BCUT2D eigenvalue weighted by molar-refractivity contribution is 7.80. The van der Waals surface area contributed by atoms with E-state index in [4.69, 9.17) is 22.7 Å². The molecule has 0 radical (unpaired) electrons. The zero-order valence-corrected chi connectivity index (χ0v) is 12.5. The number of ether oxygens (including phenoxy) is 2. The van der Waals surface area contributed by atoms with Crippen molar-refractivity contribution >= 4 is 29.0 Å². The lowest BCUT2D eigenvalue weighted by Crippen LogP contribution is -2.30. The highest BCUT2D eigenvalue weighted by atomic mass is 32.1. The monoisotopic (exact) mass is 297 g/mol. The molecule has 1 rings (SSSR count). The molecule has 0 aromatic carbocycles. The lowest BCUT2D eigenvalue weighted by Gasteiger charge is -2.23. The van der Waals surface area contributed by atoms with Gasteiger partial charge in [-0.3, -0.25) is 4.79 Å². The third-order valence-corrected chi connectivity index (χ3v) is 2.97. The molecule has 0 fully saturated rings. The predicted molar refractivity (Wildman–Crippen MR) is 80.8 cm³/mol. The van der Waals surface area contributed by atoms with Gasteiger partial charge in [0, 0.05) is 32.0 Å². The van der Waals surface area contributed by atoms with Crippen LogP contribution in [-0.2, 0) is 14.3 Å². The molecule has 1 aromatic heterocycles. The summed E-state index contributed by atoms with van der Waals surface area (Å²) in [6, 6.07) is 3.63. The number of hydrogen-bond donors (Lipinski definition) is 1. The van der Waals surface area contributed by atoms with Gasteiger partial charge in [0.1, 0.15) is 10.8 Å². The highest BCUT2D eigenvalue weighted by Gasteiger charge is 2.11. The van der Waals surface area contributed by atoms with Gasteiger partial charge >= 0.3 is 5.97 Å². The third kappa shape index (κ3) is 5.10. The molecule has 0 unspecified atom stereocenters. The first-order chi connectivity index (χ1) is 9.58. The lowest BCUT2D eigenvalue weighted by atomic mass is 10.2. The molecule has 110 valence electrons. The van der Waals surface area contributed by atoms with Crippen LogP contribution in [0.4, 0.5) is 5.82 Å². The molecule has 1 heterocycles. The van der Waals surface area contributed by atoms with E-state index in [0.717, 1.165) is 5.82 Å². The van der Waals surface area contributed by atoms with Crippen molar-refractivity contribution in [3.63, 3.8) is 0 Å². The van der Waals surface area contributed by atoms with E-state index in [2.05, 4.69) is 9.72 Å². The Morgan fingerprint density at radius 3 is 2.65 bits per heavy atom. The van der Waals surface area contributed by atoms with Crippen LogP contribution >= 0.6 is 12.2 Å². The fraction of sp³-hybridized carbons (Fsp3) is 0.462. The average Bonchev–Trinajstić information content (AvgIpc) is 2.47. The molecule has 0 bridgehead atoms. The maximum absolute atomic E-state index is 11.2. The number of methoxy groups -OCH3 is 2. The number of aromatic nitrogens is 1. The van der Waals surface area contributed by atoms with Crippen LogP contribution in [0.25, 0.3) is 0 Å². The molecule has 0 aliphatic carbocycles. The van der Waals surface area contributed by atoms with Crippen LogP contribution in [0.1, 0.15) is 12.0 Å². The topological polar surface area (TPSA) is 77.7 Å². The van der Waals surface area contributed by atoms with E-state index in [0.29, 0.717) is 36.7 Å². The van der Waals surface area contributed by atoms with Crippen LogP contribution in [0, 0.1) is 0 Å². The number of thiocarbonyl (C=S) groups is 1. The maximum Gasteiger partial charge on any atom is 0.307 e. The summed E-state index contributed by atoms with van der Waals surface area (Å²) in [5.41, 5.74) is 6.24. The van der Waals surface area contributed by atoms with Gasteiger partial charge < -0.3 is 20.1 Å². The smallest absolute Gasteiger partial charge is 0.307 e. The van der Waals surface area contributed by atoms with E-state index in [-0.39, 0.29) is 5.97 Å². The summed E-state index contributed by atoms with van der Waals surface area (Å²) >= 11 is 4.89. The largest absolute Gasteiger partial charge is 0.469 e. The summed E-state index contributed by atoms with van der Waals surface area (Å²) in [6.07, 6.45) is 1.91. The molecule has 1 aromatic rings. The first-order valence-electron chi connectivity index (χ1n) is 6.15. The van der Waals surface area contributed by atoms with E-state index in [1.54, 1.807) is 13.3 Å². The Hall–Kier alpha value is -1.73. The van der Waals surface area contributed by atoms with Gasteiger partial charge in [0.15, 0.2) is 0 Å². The van der Waals surface area contributed by atoms with Crippen molar-refractivity contribution in [1.82, 2.24) is 4.98 Å². The van der Waals surface area contributed by atoms with Crippen molar-refractivity contribution in [1.29, 1.82) is 0 Å². The predicted octanol–water partition coefficient (Wildman–Crippen LogP) is 0.732. The summed E-state index contributed by atoms with van der Waals surface area (Å²) in [5, 5.41) is 0. The molecular formula is C13H19N3O3S. The number of nitrogens with two attached hydrogens (primary N) is 1. The number of pyridine rings is 1. The zero-order chi connectivity index (χ0) is 15.0. The maximum atomic E-state index is 11.2. The number of rotatable bonds is 8. The molecule has 0 spiro atoms. The molecule has 6 nitrogen and oxygen atoms in total. The molecule has 0 aliphatic rings. The lowest BCUT2D eigenvalue weighted by molar-refractivity contribution is -0.140. The van der Waals surface area contributed by atoms with Crippen molar-refractivity contribution in [3.8, 4) is 0 Å². The van der Waals surface area contributed by atoms with E-state index >= 15 is 0 Å². The minimum atomic E-state index is -0.257. The molecule has 0 aliphatic heterocycles. The summed E-state index contributed by atoms with van der Waals surface area (Å²) < 4.78 is 9.70. The van der Waals surface area contributed by atoms with Crippen molar-refractivity contribution in [2.24, 2.45) is 5.73 Å². The fourth-order valence-corrected chi connectivity index (χ4v) is 1.71. The van der Waals surface area contributed by atoms with E-state index in [9.17, 15) is 4.79 Å². The van der Waals surface area contributed by atoms with Gasteiger partial charge in [-0.15, -0.1) is 0 Å². The average molecular weight is 297 g/mol. The Bertz CT molecular complexity index is 451. The summed E-state index contributed by atoms with van der Waals surface area (Å²) in [6.45, 7) is 1.68. The van der Waals surface area contributed by atoms with Crippen molar-refractivity contribution in [2.75, 3.05) is 38.8 Å². The molecule has 0 atom stereocenters. The molecule has 0 amide bonds. The summed E-state index contributed by atoms with van der Waals surface area (Å²) in [7, 11) is 3.00. The standard InChI is InChI=1S/C13H19N3O3S/c1-18-8-7-16(6-5-12(17)19-2)11-4-3-10(9-15-11)13(14)20/h3-4,9H,5-8H2,1-2H3,(H2,14,20). The van der Waals surface area contributed by atoms with Gasteiger partial charge in [-0.2, -0.15) is 0 Å². The van der Waals surface area contributed by atoms with Crippen molar-refractivity contribution in [3.05, 3.63) is 23.9 Å². The molecule has 0 saturated carbocycles. The van der Waals surface area contributed by atoms with Gasteiger partial charge in [-0.1, -0.05) is 12.2 Å². The minimum Gasteiger partial charge on any atom is -0.469 e. The van der Waals surface area contributed by atoms with Crippen molar-refractivity contribution in [2.45, 2.75) is 6.42 Å². The Labute approximate surface area is 123 Å². The molecule has 2 N–H and O–H groups in total. The number of esters is 1. The van der Waals surface area contributed by atoms with Gasteiger partial charge in [-0.05, 0) is 12.1 Å². The van der Waals surface area contributed by atoms with Crippen LogP contribution in [0.5, 0.6) is 0 Å². The Balaban J connectivity index is 2.75. The number of carbonyl (C=O) groups excluding carboxylic acids is 1. The second kappa shape index (κ2) is 8.44. The Kier molecular flexibility index (Phi) is 6.89. The van der Waals surface area contributed by atoms with Gasteiger partial charge in [0.2, 0.25) is 0 Å². The van der Waals surface area contributed by atoms with Gasteiger partial charge in [0.05, 0.1) is 20.1 Å². The molecule has 0 saturated heterocycles. The van der Waals surface area contributed by atoms with E-state index in [1.165, 1.54) is 7.11 Å². The number of hydrogen-bond acceptors (Lipinski definition) is 6. The fourth-order valence-electron chi connectivity index (χ4n) is 1.59. The molecule has 7 heteroatoms.